The van der Waals surface area contributed by atoms with Crippen LogP contribution in [0.3, 0.4) is 0 Å². The van der Waals surface area contributed by atoms with Gasteiger partial charge in [0.2, 0.25) is 5.91 Å². The van der Waals surface area contributed by atoms with Crippen LogP contribution in [0.1, 0.15) is 24.8 Å². The van der Waals surface area contributed by atoms with Crippen molar-refractivity contribution in [3.63, 3.8) is 0 Å². The van der Waals surface area contributed by atoms with Gasteiger partial charge in [-0.25, -0.2) is 9.97 Å². The molecule has 7 nitrogen and oxygen atoms in total. The van der Waals surface area contributed by atoms with E-state index in [-0.39, 0.29) is 23.6 Å². The average molecular weight is 433 g/mol. The van der Waals surface area contributed by atoms with Crippen LogP contribution in [-0.4, -0.2) is 53.3 Å². The Labute approximate surface area is 187 Å². The third-order valence-corrected chi connectivity index (χ3v) is 6.40. The minimum atomic E-state index is 0.0494. The fourth-order valence-electron chi connectivity index (χ4n) is 4.60. The molecule has 2 saturated heterocycles. The lowest BCUT2D eigenvalue weighted by Crippen LogP contribution is -2.42. The van der Waals surface area contributed by atoms with Crippen LogP contribution in [-0.2, 0) is 9.53 Å². The van der Waals surface area contributed by atoms with Gasteiger partial charge in [0, 0.05) is 43.6 Å². The summed E-state index contributed by atoms with van der Waals surface area (Å²) in [6.07, 6.45) is 2.46. The molecule has 2 N–H and O–H groups in total. The Bertz CT molecular complexity index is 1140. The van der Waals surface area contributed by atoms with Crippen LogP contribution in [0.25, 0.3) is 22.3 Å². The van der Waals surface area contributed by atoms with Crippen LogP contribution in [0.5, 0.6) is 5.75 Å². The molecular weight excluding hydrogens is 404 g/mol. The van der Waals surface area contributed by atoms with Gasteiger partial charge in [-0.2, -0.15) is 0 Å². The Morgan fingerprint density at radius 2 is 1.94 bits per heavy atom. The Kier molecular flexibility index (Phi) is 5.66. The molecule has 2 aliphatic heterocycles. The molecule has 7 heteroatoms. The second-order valence-electron chi connectivity index (χ2n) is 8.74. The number of hydrogen-bond acceptors (Lipinski definition) is 6. The third-order valence-electron chi connectivity index (χ3n) is 6.40. The number of anilines is 1. The van der Waals surface area contributed by atoms with Crippen LogP contribution in [0.15, 0.2) is 42.5 Å². The Morgan fingerprint density at radius 1 is 1.12 bits per heavy atom. The summed E-state index contributed by atoms with van der Waals surface area (Å²) < 4.78 is 5.38. The number of nitrogens with zero attached hydrogens (tertiary/aromatic N) is 3. The maximum atomic E-state index is 12.7. The summed E-state index contributed by atoms with van der Waals surface area (Å²) in [5, 5.41) is 14.6. The van der Waals surface area contributed by atoms with Gasteiger partial charge in [0.25, 0.3) is 0 Å². The van der Waals surface area contributed by atoms with Gasteiger partial charge in [0.05, 0.1) is 11.1 Å². The lowest BCUT2D eigenvalue weighted by Gasteiger charge is -2.24. The first-order chi connectivity index (χ1) is 15.6. The zero-order chi connectivity index (χ0) is 22.1. The summed E-state index contributed by atoms with van der Waals surface area (Å²) in [7, 11) is 0. The molecule has 1 amide bonds. The molecule has 5 rings (SSSR count). The number of phenolic OH excluding ortho intramolecular Hbond substituents is 1. The van der Waals surface area contributed by atoms with Gasteiger partial charge in [-0.15, -0.1) is 0 Å². The van der Waals surface area contributed by atoms with Crippen molar-refractivity contribution in [3.05, 3.63) is 48.0 Å². The van der Waals surface area contributed by atoms with E-state index in [4.69, 9.17) is 14.7 Å². The Hall–Kier alpha value is -3.19. The second-order valence-corrected chi connectivity index (χ2v) is 8.74. The number of para-hydroxylation sites is 1. The Morgan fingerprint density at radius 3 is 2.75 bits per heavy atom. The first-order valence-electron chi connectivity index (χ1n) is 11.3. The highest BCUT2D eigenvalue weighted by Crippen LogP contribution is 2.33. The molecule has 2 aliphatic rings. The molecule has 1 atom stereocenters. The normalized spacial score (nSPS) is 19.4. The highest BCUT2D eigenvalue weighted by molar-refractivity contribution is 5.92. The van der Waals surface area contributed by atoms with Crippen molar-refractivity contribution < 1.29 is 14.6 Å². The summed E-state index contributed by atoms with van der Waals surface area (Å²) in [6.45, 7) is 4.87. The average Bonchev–Trinajstić information content (AvgIpc) is 3.27. The zero-order valence-corrected chi connectivity index (χ0v) is 18.3. The highest BCUT2D eigenvalue weighted by Gasteiger charge is 2.29. The monoisotopic (exact) mass is 432 g/mol. The minimum absolute atomic E-state index is 0.0494. The minimum Gasteiger partial charge on any atom is -0.507 e. The van der Waals surface area contributed by atoms with E-state index in [2.05, 4.69) is 22.3 Å². The fourth-order valence-corrected chi connectivity index (χ4v) is 4.60. The number of rotatable bonds is 4. The van der Waals surface area contributed by atoms with Crippen molar-refractivity contribution in [1.29, 1.82) is 0 Å². The standard InChI is InChI=1S/C25H28N4O3/c1-16-6-7-19-21(14-16)27-23(20-4-2-3-5-22(20)30)28-24(19)29-11-8-18(15-29)26-25(31)17-9-12-32-13-10-17/h2-7,14,17-18,30H,8-13,15H2,1H3,(H,26,31)/t18-/m1/s1. The fraction of sp³-hybridized carbons (Fsp3) is 0.400. The van der Waals surface area contributed by atoms with Gasteiger partial charge in [0.1, 0.15) is 11.6 Å². The van der Waals surface area contributed by atoms with E-state index < -0.39 is 0 Å². The molecule has 3 heterocycles. The van der Waals surface area contributed by atoms with Gasteiger partial charge < -0.3 is 20.1 Å². The number of hydrogen-bond donors (Lipinski definition) is 2. The zero-order valence-electron chi connectivity index (χ0n) is 18.3. The summed E-state index contributed by atoms with van der Waals surface area (Å²) in [4.78, 5) is 24.5. The molecule has 1 aromatic heterocycles. The number of aromatic nitrogens is 2. The molecule has 0 saturated carbocycles. The van der Waals surface area contributed by atoms with Crippen molar-refractivity contribution in [2.75, 3.05) is 31.2 Å². The smallest absolute Gasteiger partial charge is 0.223 e. The molecule has 2 fully saturated rings. The highest BCUT2D eigenvalue weighted by atomic mass is 16.5. The van der Waals surface area contributed by atoms with Gasteiger partial charge in [0.15, 0.2) is 5.82 Å². The molecule has 0 bridgehead atoms. The lowest BCUT2D eigenvalue weighted by molar-refractivity contribution is -0.128. The van der Waals surface area contributed by atoms with E-state index in [0.717, 1.165) is 48.1 Å². The predicted octanol–water partition coefficient (Wildman–Crippen LogP) is 3.43. The summed E-state index contributed by atoms with van der Waals surface area (Å²) >= 11 is 0. The second kappa shape index (κ2) is 8.74. The van der Waals surface area contributed by atoms with Crippen molar-refractivity contribution in [2.24, 2.45) is 5.92 Å². The van der Waals surface area contributed by atoms with E-state index >= 15 is 0 Å². The number of carbonyl (C=O) groups excluding carboxylic acids is 1. The van der Waals surface area contributed by atoms with Crippen LogP contribution in [0.4, 0.5) is 5.82 Å². The van der Waals surface area contributed by atoms with E-state index in [1.807, 2.05) is 25.1 Å². The van der Waals surface area contributed by atoms with Crippen molar-refractivity contribution in [1.82, 2.24) is 15.3 Å². The molecule has 0 radical (unpaired) electrons. The first kappa shape index (κ1) is 20.7. The van der Waals surface area contributed by atoms with Crippen LogP contribution in [0, 0.1) is 12.8 Å². The molecule has 32 heavy (non-hydrogen) atoms. The number of ether oxygens (including phenoxy) is 1. The number of carbonyl (C=O) groups is 1. The number of aryl methyl sites for hydroxylation is 1. The molecule has 2 aromatic carbocycles. The maximum absolute atomic E-state index is 12.7. The van der Waals surface area contributed by atoms with Gasteiger partial charge in [-0.3, -0.25) is 4.79 Å². The first-order valence-corrected chi connectivity index (χ1v) is 11.3. The van der Waals surface area contributed by atoms with E-state index in [9.17, 15) is 9.90 Å². The number of benzene rings is 2. The van der Waals surface area contributed by atoms with Crippen molar-refractivity contribution in [2.45, 2.75) is 32.2 Å². The predicted molar refractivity (Wildman–Crippen MR) is 124 cm³/mol. The number of fused-ring (bicyclic) bond motifs is 1. The van der Waals surface area contributed by atoms with Crippen LogP contribution < -0.4 is 10.2 Å². The van der Waals surface area contributed by atoms with Gasteiger partial charge >= 0.3 is 0 Å². The molecule has 0 unspecified atom stereocenters. The largest absolute Gasteiger partial charge is 0.507 e. The van der Waals surface area contributed by atoms with E-state index in [0.29, 0.717) is 31.1 Å². The lowest BCUT2D eigenvalue weighted by atomic mass is 9.99. The molecule has 0 aliphatic carbocycles. The van der Waals surface area contributed by atoms with E-state index in [1.54, 1.807) is 12.1 Å². The van der Waals surface area contributed by atoms with Crippen molar-refractivity contribution >= 4 is 22.6 Å². The molecular formula is C25H28N4O3. The quantitative estimate of drug-likeness (QED) is 0.657. The SMILES string of the molecule is Cc1ccc2c(N3CC[C@@H](NC(=O)C4CCOCC4)C3)nc(-c3ccccc3O)nc2c1. The number of amides is 1. The summed E-state index contributed by atoms with van der Waals surface area (Å²) in [6, 6.07) is 13.4. The number of aromatic hydroxyl groups is 1. The summed E-state index contributed by atoms with van der Waals surface area (Å²) in [5.74, 6) is 1.70. The van der Waals surface area contributed by atoms with Crippen LogP contribution in [0.2, 0.25) is 0 Å². The van der Waals surface area contributed by atoms with Gasteiger partial charge in [-0.05, 0) is 56.0 Å². The molecule has 3 aromatic rings. The van der Waals surface area contributed by atoms with Gasteiger partial charge in [-0.1, -0.05) is 18.2 Å². The van der Waals surface area contributed by atoms with Crippen molar-refractivity contribution in [3.8, 4) is 17.1 Å². The topological polar surface area (TPSA) is 87.6 Å². The maximum Gasteiger partial charge on any atom is 0.223 e. The molecule has 166 valence electrons. The van der Waals surface area contributed by atoms with Crippen LogP contribution >= 0.6 is 0 Å². The Balaban J connectivity index is 1.43. The summed E-state index contributed by atoms with van der Waals surface area (Å²) in [5.41, 5.74) is 2.58. The third kappa shape index (κ3) is 4.12. The molecule has 0 spiro atoms. The number of phenols is 1. The number of nitrogens with one attached hydrogen (secondary N) is 1. The van der Waals surface area contributed by atoms with E-state index in [1.165, 1.54) is 0 Å².